The number of carbonyl (C=O) groups excluding carboxylic acids is 2. The fraction of sp³-hybridized carbons (Fsp3) is 0.560. The molecule has 1 aromatic carbocycles. The van der Waals surface area contributed by atoms with Crippen molar-refractivity contribution >= 4 is 11.8 Å². The smallest absolute Gasteiger partial charge is 0.229 e. The van der Waals surface area contributed by atoms with Crippen LogP contribution in [-0.4, -0.2) is 52.9 Å². The first-order chi connectivity index (χ1) is 15.2. The van der Waals surface area contributed by atoms with Gasteiger partial charge in [0.2, 0.25) is 11.8 Å². The first-order valence-electron chi connectivity index (χ1n) is 11.4. The molecule has 172 valence electrons. The second-order valence-electron chi connectivity index (χ2n) is 10.1. The average molecular weight is 442 g/mol. The third-order valence-electron chi connectivity index (χ3n) is 7.02. The van der Waals surface area contributed by atoms with Crippen LogP contribution in [0.15, 0.2) is 34.9 Å². The van der Waals surface area contributed by atoms with Gasteiger partial charge in [0, 0.05) is 51.2 Å². The molecule has 0 bridgehead atoms. The van der Waals surface area contributed by atoms with Gasteiger partial charge < -0.3 is 14.3 Å². The van der Waals surface area contributed by atoms with Crippen LogP contribution in [-0.2, 0) is 16.0 Å². The summed E-state index contributed by atoms with van der Waals surface area (Å²) in [5, 5.41) is 4.16. The number of likely N-dealkylation sites (tertiary alicyclic amines) is 2. The van der Waals surface area contributed by atoms with Crippen LogP contribution in [0, 0.1) is 16.6 Å². The van der Waals surface area contributed by atoms with Gasteiger partial charge in [-0.1, -0.05) is 19.0 Å². The summed E-state index contributed by atoms with van der Waals surface area (Å²) in [4.78, 5) is 29.6. The largest absolute Gasteiger partial charge is 0.361 e. The van der Waals surface area contributed by atoms with E-state index >= 15 is 0 Å². The summed E-state index contributed by atoms with van der Waals surface area (Å²) in [6, 6.07) is 7.96. The summed E-state index contributed by atoms with van der Waals surface area (Å²) in [6.45, 7) is 8.66. The van der Waals surface area contributed by atoms with Crippen molar-refractivity contribution in [3.8, 4) is 11.3 Å². The number of halogens is 1. The van der Waals surface area contributed by atoms with Gasteiger partial charge in [-0.3, -0.25) is 9.59 Å². The standard InChI is InChI=1S/C25H32FN3O3/c1-18(30)28-13-10-25(11-14-28,23(31)29-12-4-9-24(2,3)17-29)16-21-15-22(27-32-21)19-5-7-20(26)8-6-19/h5-8,15H,4,9-14,16-17H2,1-3H3. The predicted octanol–water partition coefficient (Wildman–Crippen LogP) is 4.30. The maximum atomic E-state index is 13.9. The molecule has 32 heavy (non-hydrogen) atoms. The number of aromatic nitrogens is 1. The summed E-state index contributed by atoms with van der Waals surface area (Å²) in [7, 11) is 0. The van der Waals surface area contributed by atoms with Gasteiger partial charge in [-0.2, -0.15) is 0 Å². The number of amides is 2. The Morgan fingerprint density at radius 3 is 2.38 bits per heavy atom. The van der Waals surface area contributed by atoms with Gasteiger partial charge in [-0.15, -0.1) is 0 Å². The van der Waals surface area contributed by atoms with E-state index in [9.17, 15) is 14.0 Å². The number of hydrogen-bond acceptors (Lipinski definition) is 4. The molecule has 6 nitrogen and oxygen atoms in total. The lowest BCUT2D eigenvalue weighted by molar-refractivity contribution is -0.151. The topological polar surface area (TPSA) is 66.7 Å². The van der Waals surface area contributed by atoms with Gasteiger partial charge in [0.25, 0.3) is 0 Å². The van der Waals surface area contributed by atoms with Crippen LogP contribution in [0.1, 0.15) is 52.2 Å². The molecule has 1 aromatic heterocycles. The lowest BCUT2D eigenvalue weighted by Crippen LogP contribution is -2.55. The minimum atomic E-state index is -0.612. The summed E-state index contributed by atoms with van der Waals surface area (Å²) in [6.07, 6.45) is 3.78. The van der Waals surface area contributed by atoms with Crippen molar-refractivity contribution in [1.29, 1.82) is 0 Å². The molecule has 3 heterocycles. The highest BCUT2D eigenvalue weighted by atomic mass is 19.1. The monoisotopic (exact) mass is 441 g/mol. The lowest BCUT2D eigenvalue weighted by Gasteiger charge is -2.46. The Balaban J connectivity index is 1.58. The highest BCUT2D eigenvalue weighted by Crippen LogP contribution is 2.40. The SMILES string of the molecule is CC(=O)N1CCC(Cc2cc(-c3ccc(F)cc3)no2)(C(=O)N2CCCC(C)(C)C2)CC1. The van der Waals surface area contributed by atoms with Crippen LogP contribution in [0.4, 0.5) is 4.39 Å². The van der Waals surface area contributed by atoms with Gasteiger partial charge >= 0.3 is 0 Å². The summed E-state index contributed by atoms with van der Waals surface area (Å²) >= 11 is 0. The van der Waals surface area contributed by atoms with E-state index in [1.807, 2.05) is 15.9 Å². The van der Waals surface area contributed by atoms with Crippen molar-refractivity contribution in [3.05, 3.63) is 41.9 Å². The van der Waals surface area contributed by atoms with Crippen molar-refractivity contribution < 1.29 is 18.5 Å². The molecule has 0 unspecified atom stereocenters. The van der Waals surface area contributed by atoms with E-state index < -0.39 is 5.41 Å². The molecule has 0 spiro atoms. The minimum absolute atomic E-state index is 0.0448. The fourth-order valence-electron chi connectivity index (χ4n) is 5.13. The van der Waals surface area contributed by atoms with Gasteiger partial charge in [-0.05, 0) is 55.4 Å². The molecular formula is C25H32FN3O3. The fourth-order valence-corrected chi connectivity index (χ4v) is 5.13. The Bertz CT molecular complexity index is 975. The van der Waals surface area contributed by atoms with Crippen LogP contribution in [0.5, 0.6) is 0 Å². The van der Waals surface area contributed by atoms with Crippen molar-refractivity contribution in [1.82, 2.24) is 15.0 Å². The van der Waals surface area contributed by atoms with E-state index in [0.29, 0.717) is 43.8 Å². The van der Waals surface area contributed by atoms with Crippen LogP contribution in [0.25, 0.3) is 11.3 Å². The predicted molar refractivity (Wildman–Crippen MR) is 119 cm³/mol. The molecule has 2 saturated heterocycles. The second kappa shape index (κ2) is 8.68. The normalized spacial score (nSPS) is 20.2. The van der Waals surface area contributed by atoms with E-state index in [1.165, 1.54) is 12.1 Å². The average Bonchev–Trinajstić information content (AvgIpc) is 3.21. The van der Waals surface area contributed by atoms with E-state index in [4.69, 9.17) is 4.52 Å². The van der Waals surface area contributed by atoms with Gasteiger partial charge in [0.05, 0.1) is 5.41 Å². The van der Waals surface area contributed by atoms with Crippen molar-refractivity contribution in [2.45, 2.75) is 52.9 Å². The molecule has 0 saturated carbocycles. The van der Waals surface area contributed by atoms with Gasteiger partial charge in [-0.25, -0.2) is 4.39 Å². The van der Waals surface area contributed by atoms with Crippen LogP contribution < -0.4 is 0 Å². The molecule has 2 aliphatic heterocycles. The van der Waals surface area contributed by atoms with E-state index in [1.54, 1.807) is 19.1 Å². The Hall–Kier alpha value is -2.70. The zero-order valence-electron chi connectivity index (χ0n) is 19.2. The molecule has 0 aliphatic carbocycles. The van der Waals surface area contributed by atoms with E-state index in [-0.39, 0.29) is 23.0 Å². The number of benzene rings is 1. The molecule has 2 aliphatic rings. The first kappa shape index (κ1) is 22.5. The Labute approximate surface area is 188 Å². The highest BCUT2D eigenvalue weighted by molar-refractivity contribution is 5.84. The molecule has 2 aromatic rings. The number of nitrogens with zero attached hydrogens (tertiary/aromatic N) is 3. The third kappa shape index (κ3) is 4.71. The molecule has 0 N–H and O–H groups in total. The maximum Gasteiger partial charge on any atom is 0.229 e. The third-order valence-corrected chi connectivity index (χ3v) is 7.02. The number of rotatable bonds is 4. The summed E-state index contributed by atoms with van der Waals surface area (Å²) in [5.41, 5.74) is 0.893. The molecule has 0 atom stereocenters. The first-order valence-corrected chi connectivity index (χ1v) is 11.4. The van der Waals surface area contributed by atoms with Gasteiger partial charge in [0.15, 0.2) is 0 Å². The molecule has 2 fully saturated rings. The van der Waals surface area contributed by atoms with E-state index in [0.717, 1.165) is 31.5 Å². The van der Waals surface area contributed by atoms with Crippen LogP contribution in [0.2, 0.25) is 0 Å². The van der Waals surface area contributed by atoms with Gasteiger partial charge in [0.1, 0.15) is 17.3 Å². The maximum absolute atomic E-state index is 13.9. The number of piperidine rings is 2. The molecule has 0 radical (unpaired) electrons. The van der Waals surface area contributed by atoms with Crippen molar-refractivity contribution in [2.75, 3.05) is 26.2 Å². The Morgan fingerprint density at radius 1 is 1.06 bits per heavy atom. The van der Waals surface area contributed by atoms with E-state index in [2.05, 4.69) is 19.0 Å². The molecule has 4 rings (SSSR count). The summed E-state index contributed by atoms with van der Waals surface area (Å²) in [5.74, 6) is 0.547. The zero-order chi connectivity index (χ0) is 22.9. The number of hydrogen-bond donors (Lipinski definition) is 0. The molecule has 2 amide bonds. The minimum Gasteiger partial charge on any atom is -0.361 e. The zero-order valence-corrected chi connectivity index (χ0v) is 19.2. The molecule has 7 heteroatoms. The van der Waals surface area contributed by atoms with Crippen molar-refractivity contribution in [3.63, 3.8) is 0 Å². The number of carbonyl (C=O) groups is 2. The Morgan fingerprint density at radius 2 is 1.75 bits per heavy atom. The molecular weight excluding hydrogens is 409 g/mol. The second-order valence-corrected chi connectivity index (χ2v) is 10.1. The van der Waals surface area contributed by atoms with Crippen molar-refractivity contribution in [2.24, 2.45) is 10.8 Å². The lowest BCUT2D eigenvalue weighted by atomic mass is 9.72. The van der Waals surface area contributed by atoms with Crippen LogP contribution >= 0.6 is 0 Å². The quantitative estimate of drug-likeness (QED) is 0.710. The Kier molecular flexibility index (Phi) is 6.10. The highest BCUT2D eigenvalue weighted by Gasteiger charge is 2.46. The van der Waals surface area contributed by atoms with Crippen LogP contribution in [0.3, 0.4) is 0 Å². The summed E-state index contributed by atoms with van der Waals surface area (Å²) < 4.78 is 18.9.